The minimum absolute atomic E-state index is 0.0246. The van der Waals surface area contributed by atoms with E-state index in [1.54, 1.807) is 24.3 Å². The molecular formula is C40H51N9O7. The highest BCUT2D eigenvalue weighted by atomic mass is 16.2. The fourth-order valence-electron chi connectivity index (χ4n) is 6.94. The number of benzene rings is 2. The van der Waals surface area contributed by atoms with E-state index in [1.165, 1.54) is 18.2 Å². The number of carbonyl (C=O) groups is 7. The average molecular weight is 770 g/mol. The molecule has 3 heterocycles. The first kappa shape index (κ1) is 41.2. The molecule has 0 radical (unpaired) electrons. The summed E-state index contributed by atoms with van der Waals surface area (Å²) in [6.07, 6.45) is 2.59. The van der Waals surface area contributed by atoms with Gasteiger partial charge in [0.15, 0.2) is 0 Å². The summed E-state index contributed by atoms with van der Waals surface area (Å²) in [6, 6.07) is 11.5. The van der Waals surface area contributed by atoms with Gasteiger partial charge >= 0.3 is 0 Å². The first-order chi connectivity index (χ1) is 26.9. The quantitative estimate of drug-likeness (QED) is 0.215. The molecule has 0 aromatic heterocycles. The monoisotopic (exact) mass is 769 g/mol. The molecule has 16 heteroatoms. The van der Waals surface area contributed by atoms with E-state index in [-0.39, 0.29) is 44.7 Å². The smallest absolute Gasteiger partial charge is 0.246 e. The van der Waals surface area contributed by atoms with Crippen LogP contribution in [0.25, 0.3) is 0 Å². The molecule has 6 N–H and O–H groups in total. The number of aliphatic imine (C=N–C) groups is 2. The third-order valence-electron chi connectivity index (χ3n) is 9.85. The molecule has 298 valence electrons. The van der Waals surface area contributed by atoms with Gasteiger partial charge in [-0.25, -0.2) is 4.99 Å². The van der Waals surface area contributed by atoms with Crippen LogP contribution in [0.15, 0.2) is 70.6 Å². The van der Waals surface area contributed by atoms with Crippen LogP contribution in [-0.4, -0.2) is 114 Å². The Kier molecular flexibility index (Phi) is 14.4. The van der Waals surface area contributed by atoms with Gasteiger partial charge in [-0.3, -0.25) is 38.6 Å². The van der Waals surface area contributed by atoms with Gasteiger partial charge in [-0.1, -0.05) is 74.5 Å². The first-order valence-corrected chi connectivity index (χ1v) is 19.1. The van der Waals surface area contributed by atoms with Gasteiger partial charge in [0.25, 0.3) is 0 Å². The minimum atomic E-state index is -1.21. The molecular weight excluding hydrogens is 718 g/mol. The third-order valence-corrected chi connectivity index (χ3v) is 9.85. The molecule has 7 amide bonds. The summed E-state index contributed by atoms with van der Waals surface area (Å²) in [5, 5.41) is 16.3. The Labute approximate surface area is 326 Å². The summed E-state index contributed by atoms with van der Waals surface area (Å²) in [5.41, 5.74) is 2.01. The van der Waals surface area contributed by atoms with Crippen LogP contribution in [-0.2, 0) is 46.4 Å². The van der Waals surface area contributed by atoms with E-state index in [4.69, 9.17) is 0 Å². The van der Waals surface area contributed by atoms with Gasteiger partial charge in [-0.2, -0.15) is 0 Å². The van der Waals surface area contributed by atoms with Crippen molar-refractivity contribution in [3.63, 3.8) is 0 Å². The van der Waals surface area contributed by atoms with Gasteiger partial charge in [0.05, 0.1) is 13.1 Å². The molecule has 56 heavy (non-hydrogen) atoms. The molecule has 2 aromatic rings. The standard InChI is InChI=1S/C40H51N9O7/c1-24(2)17-29-37(53)47-31(20-28-21-41-23-43-28)38(54)46-30(18-26-11-6-4-7-12-26)36(52)44-25(3)35(51)48-32(19-27-13-8-5-9-14-27)40(56)49-16-10-15-33(49)39(55)42-22-34(50)45-29/h4-9,11-14,23-25,29-33H,10,15-22H2,1-3H3,(H,42,55)(H,44,52)(H,45,50)(H,46,54)(H,47,53)(H,48,51)/t25-,29+,30+,31+,32+,33+/m1/s1. The molecule has 0 saturated carbocycles. The largest absolute Gasteiger partial charge is 0.345 e. The zero-order chi connectivity index (χ0) is 40.2. The van der Waals surface area contributed by atoms with Crippen molar-refractivity contribution in [1.82, 2.24) is 36.8 Å². The summed E-state index contributed by atoms with van der Waals surface area (Å²) in [4.78, 5) is 106. The van der Waals surface area contributed by atoms with Crippen molar-refractivity contribution in [1.29, 1.82) is 0 Å². The lowest BCUT2D eigenvalue weighted by atomic mass is 10.0. The fourth-order valence-corrected chi connectivity index (χ4v) is 6.94. The van der Waals surface area contributed by atoms with Crippen molar-refractivity contribution in [2.24, 2.45) is 15.9 Å². The molecule has 16 nitrogen and oxygen atoms in total. The number of amides is 7. The van der Waals surface area contributed by atoms with Crippen molar-refractivity contribution in [2.75, 3.05) is 19.6 Å². The summed E-state index contributed by atoms with van der Waals surface area (Å²) in [7, 11) is 0. The number of hydrogen-bond donors (Lipinski definition) is 6. The third kappa shape index (κ3) is 11.5. The van der Waals surface area contributed by atoms with E-state index in [0.29, 0.717) is 18.6 Å². The highest BCUT2D eigenvalue weighted by Crippen LogP contribution is 2.20. The number of nitrogens with one attached hydrogen (secondary N) is 6. The lowest BCUT2D eigenvalue weighted by molar-refractivity contribution is -0.142. The van der Waals surface area contributed by atoms with Crippen LogP contribution in [0.5, 0.6) is 0 Å². The molecule has 2 fully saturated rings. The second-order valence-electron chi connectivity index (χ2n) is 14.8. The van der Waals surface area contributed by atoms with Crippen LogP contribution < -0.4 is 31.9 Å². The Morgan fingerprint density at radius 1 is 0.679 bits per heavy atom. The van der Waals surface area contributed by atoms with E-state index in [9.17, 15) is 33.6 Å². The van der Waals surface area contributed by atoms with Gasteiger partial charge < -0.3 is 36.8 Å². The molecule has 5 rings (SSSR count). The normalized spacial score (nSPS) is 25.9. The van der Waals surface area contributed by atoms with Crippen LogP contribution in [0.1, 0.15) is 57.6 Å². The van der Waals surface area contributed by atoms with Crippen LogP contribution in [0.4, 0.5) is 0 Å². The van der Waals surface area contributed by atoms with Gasteiger partial charge in [0, 0.05) is 31.5 Å². The van der Waals surface area contributed by atoms with E-state index in [1.807, 2.05) is 50.2 Å². The SMILES string of the molecule is CC(C)C[C@@H]1NC(=O)CNC(=O)[C@@H]2CCCN2C(=O)[C@H](Cc2ccccc2)NC(=O)[C@@H](C)NC(=O)[C@H](Cc2ccccc2)NC(=O)[C@H](CC2=NC=NC2)NC1=O. The van der Waals surface area contributed by atoms with Gasteiger partial charge in [-0.15, -0.1) is 0 Å². The van der Waals surface area contributed by atoms with E-state index < -0.39 is 84.1 Å². The molecule has 3 aliphatic heterocycles. The number of carbonyl (C=O) groups excluding carboxylic acids is 7. The Bertz CT molecular complexity index is 1820. The zero-order valence-electron chi connectivity index (χ0n) is 32.0. The predicted octanol–water partition coefficient (Wildman–Crippen LogP) is -0.0444. The Morgan fingerprint density at radius 2 is 1.25 bits per heavy atom. The highest BCUT2D eigenvalue weighted by molar-refractivity contribution is 6.02. The molecule has 0 unspecified atom stereocenters. The number of fused-ring (bicyclic) bond motifs is 1. The maximum absolute atomic E-state index is 14.2. The van der Waals surface area contributed by atoms with Gasteiger partial charge in [-0.05, 0) is 43.2 Å². The molecule has 2 saturated heterocycles. The van der Waals surface area contributed by atoms with E-state index in [0.717, 1.165) is 11.1 Å². The Balaban J connectivity index is 1.48. The molecule has 6 atom stereocenters. The highest BCUT2D eigenvalue weighted by Gasteiger charge is 2.39. The maximum atomic E-state index is 14.2. The van der Waals surface area contributed by atoms with Crippen LogP contribution >= 0.6 is 0 Å². The molecule has 2 aromatic carbocycles. The molecule has 3 aliphatic rings. The number of rotatable bonds is 8. The number of hydrogen-bond acceptors (Lipinski definition) is 9. The van der Waals surface area contributed by atoms with Gasteiger partial charge in [0.1, 0.15) is 42.6 Å². The summed E-state index contributed by atoms with van der Waals surface area (Å²) >= 11 is 0. The summed E-state index contributed by atoms with van der Waals surface area (Å²) in [6.45, 7) is 5.24. The Hall–Kier alpha value is -5.93. The fraction of sp³-hybridized carbons (Fsp3) is 0.475. The minimum Gasteiger partial charge on any atom is -0.345 e. The summed E-state index contributed by atoms with van der Waals surface area (Å²) in [5.74, 6) is -4.38. The topological polar surface area (TPSA) is 220 Å². The predicted molar refractivity (Wildman–Crippen MR) is 208 cm³/mol. The van der Waals surface area contributed by atoms with Crippen LogP contribution in [0.2, 0.25) is 0 Å². The lowest BCUT2D eigenvalue weighted by Gasteiger charge is -2.30. The van der Waals surface area contributed by atoms with Crippen molar-refractivity contribution < 1.29 is 33.6 Å². The lowest BCUT2D eigenvalue weighted by Crippen LogP contribution is -2.59. The average Bonchev–Trinajstić information content (AvgIpc) is 3.89. The van der Waals surface area contributed by atoms with Crippen molar-refractivity contribution in [2.45, 2.75) is 95.5 Å². The molecule has 0 bridgehead atoms. The summed E-state index contributed by atoms with van der Waals surface area (Å²) < 4.78 is 0. The maximum Gasteiger partial charge on any atom is 0.246 e. The van der Waals surface area contributed by atoms with E-state index >= 15 is 0 Å². The van der Waals surface area contributed by atoms with Crippen molar-refractivity contribution in [3.05, 3.63) is 71.8 Å². The Morgan fingerprint density at radius 3 is 1.86 bits per heavy atom. The first-order valence-electron chi connectivity index (χ1n) is 19.1. The van der Waals surface area contributed by atoms with Crippen molar-refractivity contribution >= 4 is 53.4 Å². The zero-order valence-corrected chi connectivity index (χ0v) is 32.0. The molecule has 0 aliphatic carbocycles. The van der Waals surface area contributed by atoms with Crippen LogP contribution in [0.3, 0.4) is 0 Å². The molecule has 0 spiro atoms. The van der Waals surface area contributed by atoms with Gasteiger partial charge in [0.2, 0.25) is 41.4 Å². The van der Waals surface area contributed by atoms with Crippen LogP contribution in [0, 0.1) is 5.92 Å². The van der Waals surface area contributed by atoms with Crippen molar-refractivity contribution in [3.8, 4) is 0 Å². The number of nitrogens with zero attached hydrogens (tertiary/aromatic N) is 3. The van der Waals surface area contributed by atoms with E-state index in [2.05, 4.69) is 41.9 Å². The second kappa shape index (κ2) is 19.6. The second-order valence-corrected chi connectivity index (χ2v) is 14.8.